The van der Waals surface area contributed by atoms with Crippen molar-refractivity contribution in [1.82, 2.24) is 14.9 Å². The molecular weight excluding hydrogens is 482 g/mol. The second-order valence-corrected chi connectivity index (χ2v) is 9.29. The van der Waals surface area contributed by atoms with Crippen LogP contribution >= 0.6 is 0 Å². The number of anilines is 2. The summed E-state index contributed by atoms with van der Waals surface area (Å²) in [5, 5.41) is 9.76. The number of urea groups is 1. The quantitative estimate of drug-likeness (QED) is 0.493. The number of amides is 2. The number of likely N-dealkylation sites (tertiary alicyclic amines) is 1. The van der Waals surface area contributed by atoms with E-state index >= 15 is 8.78 Å². The summed E-state index contributed by atoms with van der Waals surface area (Å²) >= 11 is 0. The van der Waals surface area contributed by atoms with Gasteiger partial charge < -0.3 is 19.4 Å². The molecule has 9 nitrogen and oxygen atoms in total. The zero-order valence-corrected chi connectivity index (χ0v) is 21.0. The second-order valence-electron chi connectivity index (χ2n) is 9.29. The van der Waals surface area contributed by atoms with E-state index in [0.717, 1.165) is 42.0 Å². The van der Waals surface area contributed by atoms with E-state index < -0.39 is 23.4 Å². The van der Waals surface area contributed by atoms with Crippen LogP contribution in [0.3, 0.4) is 0 Å². The third kappa shape index (κ3) is 4.26. The Morgan fingerprint density at radius 2 is 2.00 bits per heavy atom. The first kappa shape index (κ1) is 24.9. The Morgan fingerprint density at radius 1 is 1.22 bits per heavy atom. The van der Waals surface area contributed by atoms with E-state index in [9.17, 15) is 4.79 Å². The van der Waals surface area contributed by atoms with E-state index in [-0.39, 0.29) is 30.4 Å². The van der Waals surface area contributed by atoms with Gasteiger partial charge in [-0.15, -0.1) is 0 Å². The lowest BCUT2D eigenvalue weighted by molar-refractivity contribution is 0.137. The minimum absolute atomic E-state index is 0.0507. The lowest BCUT2D eigenvalue weighted by atomic mass is 10.0. The number of aromatic amines is 1. The fraction of sp³-hybridized carbons (Fsp3) is 0.423. The maximum Gasteiger partial charge on any atom is 0.329 e. The highest BCUT2D eigenvalue weighted by Crippen LogP contribution is 2.41. The smallest absolute Gasteiger partial charge is 0.329 e. The van der Waals surface area contributed by atoms with Crippen LogP contribution in [-0.2, 0) is 24.3 Å². The van der Waals surface area contributed by atoms with Crippen molar-refractivity contribution in [3.05, 3.63) is 46.8 Å². The molecule has 0 bridgehead atoms. The van der Waals surface area contributed by atoms with E-state index in [2.05, 4.69) is 20.9 Å². The third-order valence-electron chi connectivity index (χ3n) is 6.98. The molecule has 0 aliphatic carbocycles. The summed E-state index contributed by atoms with van der Waals surface area (Å²) in [6.07, 6.45) is 2.39. The van der Waals surface area contributed by atoms with Crippen LogP contribution < -0.4 is 14.5 Å². The molecular formula is C26H28F2N6O3. The van der Waals surface area contributed by atoms with Gasteiger partial charge in [0.1, 0.15) is 11.3 Å². The van der Waals surface area contributed by atoms with E-state index in [1.165, 1.54) is 25.2 Å². The van der Waals surface area contributed by atoms with Crippen molar-refractivity contribution < 1.29 is 23.0 Å². The lowest BCUT2D eigenvalue weighted by Gasteiger charge is -2.37. The van der Waals surface area contributed by atoms with E-state index in [1.54, 1.807) is 6.20 Å². The molecule has 1 aromatic carbocycles. The topological polar surface area (TPSA) is 97.7 Å². The van der Waals surface area contributed by atoms with Crippen LogP contribution in [0.25, 0.3) is 11.0 Å². The molecule has 3 aromatic rings. The second kappa shape index (κ2) is 9.95. The standard InChI is InChI=1S/C26H28F2N6O3/c1-4-33-23-17(10-30-25-19(23)8-18(31-25)5-6-32-11-15(9-29)12-32)13-34(26(33)35)24-21(27)16(14-36-2)7-20(37-3)22(24)28/h7-8,10,15H,4-6,11-14H2,1-3H3,(H,30,31). The average Bonchev–Trinajstić information content (AvgIpc) is 3.29. The van der Waals surface area contributed by atoms with Gasteiger partial charge in [0.05, 0.1) is 37.9 Å². The number of methoxy groups -OCH3 is 2. The monoisotopic (exact) mass is 510 g/mol. The van der Waals surface area contributed by atoms with Crippen molar-refractivity contribution in [2.24, 2.45) is 5.92 Å². The number of aromatic nitrogens is 2. The molecule has 0 radical (unpaired) electrons. The largest absolute Gasteiger partial charge is 0.494 e. The molecule has 2 aliphatic heterocycles. The first-order valence-corrected chi connectivity index (χ1v) is 12.1. The predicted molar refractivity (Wildman–Crippen MR) is 134 cm³/mol. The minimum atomic E-state index is -0.949. The summed E-state index contributed by atoms with van der Waals surface area (Å²) in [7, 11) is 2.70. The molecule has 1 fully saturated rings. The lowest BCUT2D eigenvalue weighted by Crippen LogP contribution is -2.48. The number of ether oxygens (including phenoxy) is 2. The number of rotatable bonds is 8. The molecule has 0 unspecified atom stereocenters. The number of hydrogen-bond donors (Lipinski definition) is 1. The minimum Gasteiger partial charge on any atom is -0.494 e. The molecule has 37 heavy (non-hydrogen) atoms. The van der Waals surface area contributed by atoms with Crippen LogP contribution in [0.4, 0.5) is 25.0 Å². The Kier molecular flexibility index (Phi) is 6.70. The highest BCUT2D eigenvalue weighted by atomic mass is 19.1. The molecule has 4 heterocycles. The third-order valence-corrected chi connectivity index (χ3v) is 6.98. The maximum absolute atomic E-state index is 15.5. The number of carbonyl (C=O) groups excluding carboxylic acids is 1. The van der Waals surface area contributed by atoms with Gasteiger partial charge in [0.25, 0.3) is 0 Å². The van der Waals surface area contributed by atoms with Gasteiger partial charge in [-0.1, -0.05) is 0 Å². The molecule has 0 spiro atoms. The van der Waals surface area contributed by atoms with E-state index in [4.69, 9.17) is 14.7 Å². The number of benzene rings is 1. The number of nitriles is 1. The Morgan fingerprint density at radius 3 is 2.68 bits per heavy atom. The van der Waals surface area contributed by atoms with Crippen LogP contribution in [0, 0.1) is 28.9 Å². The van der Waals surface area contributed by atoms with Gasteiger partial charge in [-0.3, -0.25) is 9.80 Å². The zero-order valence-electron chi connectivity index (χ0n) is 21.0. The number of H-pyrrole nitrogens is 1. The van der Waals surface area contributed by atoms with Gasteiger partial charge in [-0.05, 0) is 19.1 Å². The highest BCUT2D eigenvalue weighted by molar-refractivity contribution is 6.11. The number of halogens is 2. The molecule has 1 N–H and O–H groups in total. The van der Waals surface area contributed by atoms with Crippen LogP contribution in [0.15, 0.2) is 18.3 Å². The number of carbonyl (C=O) groups is 1. The molecule has 2 aliphatic rings. The van der Waals surface area contributed by atoms with Crippen LogP contribution in [0.5, 0.6) is 5.75 Å². The Bertz CT molecular complexity index is 1400. The van der Waals surface area contributed by atoms with Crippen molar-refractivity contribution in [2.75, 3.05) is 50.2 Å². The fourth-order valence-electron chi connectivity index (χ4n) is 5.08. The van der Waals surface area contributed by atoms with Gasteiger partial charge in [-0.25, -0.2) is 18.6 Å². The SMILES string of the molecule is CCN1C(=O)N(c2c(F)c(COC)cc(OC)c2F)Cc2cnc3[nH]c(CCN4CC(C#N)C4)cc3c21. The molecule has 194 valence electrons. The molecule has 11 heteroatoms. The van der Waals surface area contributed by atoms with E-state index in [1.807, 2.05) is 13.0 Å². The molecule has 5 rings (SSSR count). The fourth-order valence-corrected chi connectivity index (χ4v) is 5.08. The number of nitrogens with one attached hydrogen (secondary N) is 1. The summed E-state index contributed by atoms with van der Waals surface area (Å²) in [5.74, 6) is -1.88. The molecule has 2 aromatic heterocycles. The molecule has 0 saturated carbocycles. The Labute approximate surface area is 213 Å². The number of pyridine rings is 1. The highest BCUT2D eigenvalue weighted by Gasteiger charge is 2.37. The predicted octanol–water partition coefficient (Wildman–Crippen LogP) is 3.96. The summed E-state index contributed by atoms with van der Waals surface area (Å²) in [6.45, 7) is 4.33. The van der Waals surface area contributed by atoms with Gasteiger partial charge in [0, 0.05) is 68.1 Å². The van der Waals surface area contributed by atoms with Crippen LogP contribution in [-0.4, -0.2) is 61.3 Å². The van der Waals surface area contributed by atoms with Gasteiger partial charge in [0.2, 0.25) is 0 Å². The summed E-state index contributed by atoms with van der Waals surface area (Å²) in [4.78, 5) is 26.3. The molecule has 1 saturated heterocycles. The van der Waals surface area contributed by atoms with Crippen molar-refractivity contribution in [3.8, 4) is 11.8 Å². The van der Waals surface area contributed by atoms with Crippen LogP contribution in [0.1, 0.15) is 23.7 Å². The van der Waals surface area contributed by atoms with Crippen molar-refractivity contribution in [2.45, 2.75) is 26.5 Å². The molecule has 2 amide bonds. The number of fused-ring (bicyclic) bond motifs is 3. The van der Waals surface area contributed by atoms with Crippen LogP contribution in [0.2, 0.25) is 0 Å². The Balaban J connectivity index is 1.50. The molecule has 0 atom stereocenters. The summed E-state index contributed by atoms with van der Waals surface area (Å²) < 4.78 is 41.0. The van der Waals surface area contributed by atoms with Gasteiger partial charge in [-0.2, -0.15) is 5.26 Å². The summed E-state index contributed by atoms with van der Waals surface area (Å²) in [5.41, 5.74) is 2.59. The average molecular weight is 511 g/mol. The number of nitrogens with zero attached hydrogens (tertiary/aromatic N) is 5. The first-order valence-electron chi connectivity index (χ1n) is 12.1. The van der Waals surface area contributed by atoms with Crippen molar-refractivity contribution in [3.63, 3.8) is 0 Å². The van der Waals surface area contributed by atoms with Crippen molar-refractivity contribution in [1.29, 1.82) is 5.26 Å². The first-order chi connectivity index (χ1) is 17.9. The van der Waals surface area contributed by atoms with Gasteiger partial charge >= 0.3 is 6.03 Å². The van der Waals surface area contributed by atoms with Gasteiger partial charge in [0.15, 0.2) is 17.4 Å². The normalized spacial score (nSPS) is 16.2. The van der Waals surface area contributed by atoms with E-state index in [0.29, 0.717) is 23.4 Å². The summed E-state index contributed by atoms with van der Waals surface area (Å²) in [6, 6.07) is 4.96. The number of hydrogen-bond acceptors (Lipinski definition) is 6. The Hall–Kier alpha value is -3.75. The zero-order chi connectivity index (χ0) is 26.3. The maximum atomic E-state index is 15.5. The van der Waals surface area contributed by atoms with Crippen molar-refractivity contribution >= 4 is 28.4 Å².